The number of carbonyl (C=O) groups is 2. The molecular weight excluding hydrogens is 408 g/mol. The van der Waals surface area contributed by atoms with Crippen molar-refractivity contribution in [3.05, 3.63) is 47.9 Å². The molecule has 1 heterocycles. The molecule has 0 unspecified atom stereocenters. The first-order chi connectivity index (χ1) is 15.2. The topological polar surface area (TPSA) is 72.2 Å². The summed E-state index contributed by atoms with van der Waals surface area (Å²) in [4.78, 5) is 29.4. The van der Waals surface area contributed by atoms with Gasteiger partial charge < -0.3 is 23.7 Å². The number of furan rings is 1. The van der Waals surface area contributed by atoms with Crippen LogP contribution >= 0.6 is 0 Å². The van der Waals surface area contributed by atoms with E-state index in [1.165, 1.54) is 0 Å². The number of hydrogen-bond donors (Lipinski definition) is 0. The van der Waals surface area contributed by atoms with Gasteiger partial charge >= 0.3 is 0 Å². The van der Waals surface area contributed by atoms with Gasteiger partial charge in [0.15, 0.2) is 11.5 Å². The summed E-state index contributed by atoms with van der Waals surface area (Å²) in [5.74, 6) is 1.90. The molecule has 0 spiro atoms. The van der Waals surface area contributed by atoms with Gasteiger partial charge in [-0.05, 0) is 63.4 Å². The molecule has 2 rings (SSSR count). The maximum Gasteiger partial charge on any atom is 0.242 e. The van der Waals surface area contributed by atoms with Crippen LogP contribution in [0.4, 0.5) is 0 Å². The highest BCUT2D eigenvalue weighted by Gasteiger charge is 2.29. The zero-order valence-corrected chi connectivity index (χ0v) is 20.1. The third kappa shape index (κ3) is 7.04. The van der Waals surface area contributed by atoms with Gasteiger partial charge in [-0.1, -0.05) is 13.0 Å². The smallest absolute Gasteiger partial charge is 0.242 e. The minimum atomic E-state index is -0.443. The van der Waals surface area contributed by atoms with Crippen molar-refractivity contribution in [2.24, 2.45) is 0 Å². The van der Waals surface area contributed by atoms with Crippen LogP contribution in [-0.4, -0.2) is 54.5 Å². The second-order valence-corrected chi connectivity index (χ2v) is 8.73. The van der Waals surface area contributed by atoms with Gasteiger partial charge in [0.2, 0.25) is 11.8 Å². The van der Waals surface area contributed by atoms with Crippen LogP contribution in [0.1, 0.15) is 51.9 Å². The zero-order valence-electron chi connectivity index (χ0n) is 20.1. The highest BCUT2D eigenvalue weighted by Crippen LogP contribution is 2.28. The SMILES string of the molecule is CCCC(=O)N(CC(=O)N(CCc1ccc(OC)c(OC)c1)Cc1ccco1)C(C)(C)C. The monoisotopic (exact) mass is 444 g/mol. The molecule has 2 amide bonds. The Bertz CT molecular complexity index is 871. The summed E-state index contributed by atoms with van der Waals surface area (Å²) in [6, 6.07) is 9.39. The predicted octanol–water partition coefficient (Wildman–Crippen LogP) is 4.30. The second-order valence-electron chi connectivity index (χ2n) is 8.73. The van der Waals surface area contributed by atoms with Crippen molar-refractivity contribution in [2.75, 3.05) is 27.3 Å². The molecule has 0 saturated heterocycles. The number of amides is 2. The van der Waals surface area contributed by atoms with Crippen molar-refractivity contribution < 1.29 is 23.5 Å². The summed E-state index contributed by atoms with van der Waals surface area (Å²) >= 11 is 0. The van der Waals surface area contributed by atoms with E-state index in [9.17, 15) is 9.59 Å². The number of benzene rings is 1. The Kier molecular flexibility index (Phi) is 9.17. The summed E-state index contributed by atoms with van der Waals surface area (Å²) < 4.78 is 16.2. The van der Waals surface area contributed by atoms with E-state index in [1.807, 2.05) is 52.0 Å². The van der Waals surface area contributed by atoms with Crippen LogP contribution < -0.4 is 9.47 Å². The van der Waals surface area contributed by atoms with Gasteiger partial charge in [0.25, 0.3) is 0 Å². The first-order valence-electron chi connectivity index (χ1n) is 11.0. The van der Waals surface area contributed by atoms with Gasteiger partial charge in [0.05, 0.1) is 27.0 Å². The molecule has 1 aromatic carbocycles. The van der Waals surface area contributed by atoms with Gasteiger partial charge in [0, 0.05) is 18.5 Å². The fraction of sp³-hybridized carbons (Fsp3) is 0.520. The Morgan fingerprint density at radius 3 is 2.31 bits per heavy atom. The molecule has 0 bridgehead atoms. The molecule has 0 N–H and O–H groups in total. The Morgan fingerprint density at radius 1 is 1.03 bits per heavy atom. The molecule has 0 fully saturated rings. The number of carbonyl (C=O) groups excluding carboxylic acids is 2. The Morgan fingerprint density at radius 2 is 1.75 bits per heavy atom. The van der Waals surface area contributed by atoms with Crippen molar-refractivity contribution in [3.63, 3.8) is 0 Å². The molecule has 176 valence electrons. The minimum Gasteiger partial charge on any atom is -0.493 e. The number of rotatable bonds is 11. The highest BCUT2D eigenvalue weighted by molar-refractivity contribution is 5.85. The average molecular weight is 445 g/mol. The standard InChI is InChI=1S/C25H36N2O5/c1-7-9-23(28)27(25(2,3)4)18-24(29)26(17-20-10-8-15-32-20)14-13-19-11-12-21(30-5)22(16-19)31-6/h8,10-12,15-16H,7,9,13-14,17-18H2,1-6H3. The molecule has 7 nitrogen and oxygen atoms in total. The number of nitrogens with zero attached hydrogens (tertiary/aromatic N) is 2. The second kappa shape index (κ2) is 11.6. The Hall–Kier alpha value is -2.96. The molecule has 0 atom stereocenters. The summed E-state index contributed by atoms with van der Waals surface area (Å²) in [5, 5.41) is 0. The fourth-order valence-electron chi connectivity index (χ4n) is 3.47. The summed E-state index contributed by atoms with van der Waals surface area (Å²) in [7, 11) is 3.20. The largest absolute Gasteiger partial charge is 0.493 e. The van der Waals surface area contributed by atoms with Crippen molar-refractivity contribution >= 4 is 11.8 Å². The average Bonchev–Trinajstić information content (AvgIpc) is 3.27. The lowest BCUT2D eigenvalue weighted by molar-refractivity contribution is -0.145. The third-order valence-electron chi connectivity index (χ3n) is 5.27. The van der Waals surface area contributed by atoms with Crippen molar-refractivity contribution in [2.45, 2.75) is 59.0 Å². The van der Waals surface area contributed by atoms with E-state index in [1.54, 1.807) is 36.3 Å². The molecular formula is C25H36N2O5. The number of hydrogen-bond acceptors (Lipinski definition) is 5. The molecule has 2 aromatic rings. The van der Waals surface area contributed by atoms with Crippen LogP contribution in [0.2, 0.25) is 0 Å². The summed E-state index contributed by atoms with van der Waals surface area (Å²) in [6.07, 6.45) is 3.40. The van der Waals surface area contributed by atoms with E-state index >= 15 is 0 Å². The Labute approximate surface area is 191 Å². The lowest BCUT2D eigenvalue weighted by Gasteiger charge is -2.36. The van der Waals surface area contributed by atoms with Crippen LogP contribution in [0.25, 0.3) is 0 Å². The molecule has 7 heteroatoms. The lowest BCUT2D eigenvalue weighted by atomic mass is 10.0. The molecule has 0 aliphatic rings. The normalized spacial score (nSPS) is 11.2. The first kappa shape index (κ1) is 25.3. The van der Waals surface area contributed by atoms with Crippen LogP contribution in [0, 0.1) is 0 Å². The van der Waals surface area contributed by atoms with Crippen molar-refractivity contribution in [1.29, 1.82) is 0 Å². The van der Waals surface area contributed by atoms with Crippen LogP contribution in [0.15, 0.2) is 41.0 Å². The van der Waals surface area contributed by atoms with Gasteiger partial charge in [-0.3, -0.25) is 9.59 Å². The van der Waals surface area contributed by atoms with Gasteiger partial charge in [-0.2, -0.15) is 0 Å². The number of ether oxygens (including phenoxy) is 2. The first-order valence-corrected chi connectivity index (χ1v) is 11.0. The van der Waals surface area contributed by atoms with Gasteiger partial charge in [-0.25, -0.2) is 0 Å². The predicted molar refractivity (Wildman–Crippen MR) is 124 cm³/mol. The summed E-state index contributed by atoms with van der Waals surface area (Å²) in [6.45, 7) is 8.69. The van der Waals surface area contributed by atoms with E-state index < -0.39 is 5.54 Å². The fourth-order valence-corrected chi connectivity index (χ4v) is 3.47. The van der Waals surface area contributed by atoms with Crippen molar-refractivity contribution in [3.8, 4) is 11.5 Å². The molecule has 32 heavy (non-hydrogen) atoms. The van der Waals surface area contributed by atoms with Crippen LogP contribution in [-0.2, 0) is 22.6 Å². The minimum absolute atomic E-state index is 0.00816. The van der Waals surface area contributed by atoms with E-state index in [4.69, 9.17) is 13.9 Å². The van der Waals surface area contributed by atoms with E-state index in [-0.39, 0.29) is 18.4 Å². The number of methoxy groups -OCH3 is 2. The maximum absolute atomic E-state index is 13.3. The zero-order chi connectivity index (χ0) is 23.7. The summed E-state index contributed by atoms with van der Waals surface area (Å²) in [5.41, 5.74) is 0.580. The molecule has 0 aliphatic carbocycles. The Balaban J connectivity index is 2.18. The van der Waals surface area contributed by atoms with Gasteiger partial charge in [0.1, 0.15) is 12.3 Å². The van der Waals surface area contributed by atoms with Crippen molar-refractivity contribution in [1.82, 2.24) is 9.80 Å². The third-order valence-corrected chi connectivity index (χ3v) is 5.27. The van der Waals surface area contributed by atoms with Crippen LogP contribution in [0.5, 0.6) is 11.5 Å². The quantitative estimate of drug-likeness (QED) is 0.517. The highest BCUT2D eigenvalue weighted by atomic mass is 16.5. The van der Waals surface area contributed by atoms with Gasteiger partial charge in [-0.15, -0.1) is 0 Å². The van der Waals surface area contributed by atoms with Crippen LogP contribution in [0.3, 0.4) is 0 Å². The lowest BCUT2D eigenvalue weighted by Crippen LogP contribution is -2.51. The molecule has 0 aliphatic heterocycles. The molecule has 0 saturated carbocycles. The maximum atomic E-state index is 13.3. The van der Waals surface area contributed by atoms with E-state index in [0.29, 0.717) is 43.2 Å². The molecule has 0 radical (unpaired) electrons. The van der Waals surface area contributed by atoms with E-state index in [2.05, 4.69) is 0 Å². The van der Waals surface area contributed by atoms with E-state index in [0.717, 1.165) is 12.0 Å². The molecule has 1 aromatic heterocycles.